The van der Waals surface area contributed by atoms with Crippen LogP contribution in [-0.2, 0) is 13.0 Å². The van der Waals surface area contributed by atoms with Crippen LogP contribution in [0.15, 0.2) is 29.4 Å². The van der Waals surface area contributed by atoms with E-state index in [4.69, 9.17) is 5.73 Å². The average molecular weight is 289 g/mol. The first-order valence-electron chi connectivity index (χ1n) is 6.52. The molecule has 0 aliphatic carbocycles. The van der Waals surface area contributed by atoms with Crippen LogP contribution in [-0.4, -0.2) is 22.5 Å². The number of nitrogens with one attached hydrogen (secondary N) is 1. The Morgan fingerprint density at radius 1 is 1.40 bits per heavy atom. The summed E-state index contributed by atoms with van der Waals surface area (Å²) < 4.78 is 0. The molecule has 0 saturated heterocycles. The molecule has 2 aromatic rings. The van der Waals surface area contributed by atoms with Gasteiger partial charge in [-0.1, -0.05) is 6.07 Å². The van der Waals surface area contributed by atoms with Crippen molar-refractivity contribution in [1.29, 1.82) is 0 Å². The van der Waals surface area contributed by atoms with Crippen LogP contribution in [0.5, 0.6) is 0 Å². The van der Waals surface area contributed by atoms with Crippen LogP contribution in [0.2, 0.25) is 0 Å². The summed E-state index contributed by atoms with van der Waals surface area (Å²) in [6.07, 6.45) is 2.62. The van der Waals surface area contributed by atoms with Crippen LogP contribution in [0.25, 0.3) is 0 Å². The van der Waals surface area contributed by atoms with Gasteiger partial charge in [-0.25, -0.2) is 9.98 Å². The summed E-state index contributed by atoms with van der Waals surface area (Å²) in [5.41, 5.74) is 7.94. The van der Waals surface area contributed by atoms with Crippen LogP contribution >= 0.6 is 11.3 Å². The fourth-order valence-electron chi connectivity index (χ4n) is 1.68. The van der Waals surface area contributed by atoms with Crippen LogP contribution < -0.4 is 11.1 Å². The Hall–Kier alpha value is -1.95. The van der Waals surface area contributed by atoms with E-state index >= 15 is 0 Å². The van der Waals surface area contributed by atoms with Gasteiger partial charge in [0.1, 0.15) is 5.01 Å². The number of aryl methyl sites for hydroxylation is 2. The van der Waals surface area contributed by atoms with E-state index in [0.717, 1.165) is 29.4 Å². The van der Waals surface area contributed by atoms with Crippen molar-refractivity contribution in [3.63, 3.8) is 0 Å². The molecule has 2 heterocycles. The van der Waals surface area contributed by atoms with E-state index in [9.17, 15) is 0 Å². The smallest absolute Gasteiger partial charge is 0.189 e. The molecule has 0 aliphatic rings. The van der Waals surface area contributed by atoms with Crippen molar-refractivity contribution in [2.24, 2.45) is 10.7 Å². The molecule has 5 nitrogen and oxygen atoms in total. The van der Waals surface area contributed by atoms with Gasteiger partial charge in [-0.15, -0.1) is 11.3 Å². The monoisotopic (exact) mass is 289 g/mol. The fourth-order valence-corrected chi connectivity index (χ4v) is 2.54. The quantitative estimate of drug-likeness (QED) is 0.650. The maximum atomic E-state index is 5.83. The molecule has 0 aliphatic heterocycles. The molecule has 20 heavy (non-hydrogen) atoms. The SMILES string of the molecule is Cc1nc(CN=C(N)NCCc2ccccn2)sc1C. The zero-order valence-electron chi connectivity index (χ0n) is 11.8. The number of rotatable bonds is 5. The first-order valence-corrected chi connectivity index (χ1v) is 7.33. The highest BCUT2D eigenvalue weighted by molar-refractivity contribution is 7.11. The number of nitrogens with two attached hydrogens (primary N) is 1. The molecule has 106 valence electrons. The number of aliphatic imine (C=N–C) groups is 1. The zero-order valence-corrected chi connectivity index (χ0v) is 12.6. The van der Waals surface area contributed by atoms with Crippen LogP contribution in [0.4, 0.5) is 0 Å². The summed E-state index contributed by atoms with van der Waals surface area (Å²) in [4.78, 5) is 14.2. The minimum atomic E-state index is 0.450. The third kappa shape index (κ3) is 4.31. The normalized spacial score (nSPS) is 11.6. The highest BCUT2D eigenvalue weighted by atomic mass is 32.1. The van der Waals surface area contributed by atoms with Gasteiger partial charge in [0.2, 0.25) is 0 Å². The molecule has 0 saturated carbocycles. The van der Waals surface area contributed by atoms with E-state index in [1.807, 2.05) is 25.1 Å². The van der Waals surface area contributed by atoms with Crippen molar-refractivity contribution < 1.29 is 0 Å². The molecule has 2 rings (SSSR count). The molecule has 0 fully saturated rings. The topological polar surface area (TPSA) is 76.2 Å². The predicted molar refractivity (Wildman–Crippen MR) is 82.9 cm³/mol. The number of hydrogen-bond donors (Lipinski definition) is 2. The number of pyridine rings is 1. The Bertz CT molecular complexity index is 557. The summed E-state index contributed by atoms with van der Waals surface area (Å²) in [6, 6.07) is 5.88. The highest BCUT2D eigenvalue weighted by Crippen LogP contribution is 2.16. The molecule has 0 amide bonds. The largest absolute Gasteiger partial charge is 0.370 e. The third-order valence-electron chi connectivity index (χ3n) is 2.87. The van der Waals surface area contributed by atoms with Gasteiger partial charge in [0.05, 0.1) is 12.2 Å². The molecular formula is C14H19N5S. The predicted octanol–water partition coefficient (Wildman–Crippen LogP) is 1.80. The van der Waals surface area contributed by atoms with Gasteiger partial charge < -0.3 is 11.1 Å². The van der Waals surface area contributed by atoms with Crippen LogP contribution in [0.1, 0.15) is 21.3 Å². The Balaban J connectivity index is 1.77. The van der Waals surface area contributed by atoms with Gasteiger partial charge in [0.15, 0.2) is 5.96 Å². The molecule has 0 spiro atoms. The van der Waals surface area contributed by atoms with E-state index in [1.54, 1.807) is 17.5 Å². The molecule has 0 bridgehead atoms. The summed E-state index contributed by atoms with van der Waals surface area (Å²) >= 11 is 1.67. The maximum absolute atomic E-state index is 5.83. The Kier molecular flexibility index (Phi) is 5.06. The lowest BCUT2D eigenvalue weighted by molar-refractivity contribution is 0.826. The van der Waals surface area contributed by atoms with Crippen LogP contribution in [0, 0.1) is 13.8 Å². The van der Waals surface area contributed by atoms with Crippen molar-refractivity contribution in [2.45, 2.75) is 26.8 Å². The molecular weight excluding hydrogens is 270 g/mol. The second-order valence-corrected chi connectivity index (χ2v) is 5.74. The summed E-state index contributed by atoms with van der Waals surface area (Å²) in [5.74, 6) is 0.450. The molecule has 0 unspecified atom stereocenters. The zero-order chi connectivity index (χ0) is 14.4. The Morgan fingerprint density at radius 3 is 2.90 bits per heavy atom. The minimum Gasteiger partial charge on any atom is -0.370 e. The molecule has 3 N–H and O–H groups in total. The number of guanidine groups is 1. The van der Waals surface area contributed by atoms with E-state index in [0.29, 0.717) is 12.5 Å². The lowest BCUT2D eigenvalue weighted by atomic mass is 10.3. The molecule has 0 radical (unpaired) electrons. The fraction of sp³-hybridized carbons (Fsp3) is 0.357. The number of thiazole rings is 1. The van der Waals surface area contributed by atoms with Gasteiger partial charge in [-0.3, -0.25) is 4.98 Å². The molecule has 2 aromatic heterocycles. The molecule has 6 heteroatoms. The second-order valence-electron chi connectivity index (χ2n) is 4.45. The molecule has 0 aromatic carbocycles. The van der Waals surface area contributed by atoms with Crippen molar-refractivity contribution in [3.05, 3.63) is 45.7 Å². The van der Waals surface area contributed by atoms with Crippen molar-refractivity contribution in [3.8, 4) is 0 Å². The standard InChI is InChI=1S/C14H19N5S/c1-10-11(2)20-13(19-10)9-18-14(15)17-8-6-12-5-3-4-7-16-12/h3-5,7H,6,8-9H2,1-2H3,(H3,15,17,18). The first-order chi connectivity index (χ1) is 9.65. The summed E-state index contributed by atoms with van der Waals surface area (Å²) in [7, 11) is 0. The number of aromatic nitrogens is 2. The van der Waals surface area contributed by atoms with E-state index in [2.05, 4.69) is 27.2 Å². The Morgan fingerprint density at radius 2 is 2.25 bits per heavy atom. The summed E-state index contributed by atoms with van der Waals surface area (Å²) in [5, 5.41) is 4.08. The van der Waals surface area contributed by atoms with E-state index in [-0.39, 0.29) is 0 Å². The van der Waals surface area contributed by atoms with Gasteiger partial charge in [0.25, 0.3) is 0 Å². The minimum absolute atomic E-state index is 0.450. The number of nitrogens with zero attached hydrogens (tertiary/aromatic N) is 3. The van der Waals surface area contributed by atoms with E-state index < -0.39 is 0 Å². The van der Waals surface area contributed by atoms with Gasteiger partial charge in [-0.05, 0) is 26.0 Å². The van der Waals surface area contributed by atoms with Gasteiger partial charge in [-0.2, -0.15) is 0 Å². The first kappa shape index (κ1) is 14.5. The van der Waals surface area contributed by atoms with E-state index in [1.165, 1.54) is 4.88 Å². The second kappa shape index (κ2) is 7.00. The van der Waals surface area contributed by atoms with Gasteiger partial charge in [0, 0.05) is 29.7 Å². The summed E-state index contributed by atoms with van der Waals surface area (Å²) in [6.45, 7) is 5.33. The maximum Gasteiger partial charge on any atom is 0.189 e. The Labute approximate surface area is 123 Å². The van der Waals surface area contributed by atoms with Gasteiger partial charge >= 0.3 is 0 Å². The van der Waals surface area contributed by atoms with Crippen molar-refractivity contribution in [1.82, 2.24) is 15.3 Å². The third-order valence-corrected chi connectivity index (χ3v) is 3.93. The highest BCUT2D eigenvalue weighted by Gasteiger charge is 2.02. The average Bonchev–Trinajstić information content (AvgIpc) is 2.77. The van der Waals surface area contributed by atoms with Crippen molar-refractivity contribution in [2.75, 3.05) is 6.54 Å². The van der Waals surface area contributed by atoms with Crippen molar-refractivity contribution >= 4 is 17.3 Å². The lowest BCUT2D eigenvalue weighted by Crippen LogP contribution is -2.33. The molecule has 0 atom stereocenters. The lowest BCUT2D eigenvalue weighted by Gasteiger charge is -2.04. The number of hydrogen-bond acceptors (Lipinski definition) is 4. The van der Waals surface area contributed by atoms with Crippen LogP contribution in [0.3, 0.4) is 0 Å².